The molecular weight excluding hydrogens is 204 g/mol. The number of Topliss-reactive ketones (excluding diaryl/α,β-unsaturated/α-hetero) is 1. The lowest BCUT2D eigenvalue weighted by molar-refractivity contribution is -0.136. The topological polar surface area (TPSA) is 35.5 Å². The van der Waals surface area contributed by atoms with Gasteiger partial charge in [0.2, 0.25) is 0 Å². The van der Waals surface area contributed by atoms with E-state index in [1.165, 1.54) is 5.56 Å². The number of hydrogen-bond donors (Lipinski definition) is 0. The number of carbonyl (C=O) groups is 1. The number of carbonyl (C=O) groups excluding carboxylic acids is 1. The Hall–Kier alpha value is -1.19. The van der Waals surface area contributed by atoms with Gasteiger partial charge >= 0.3 is 0 Å². The Morgan fingerprint density at radius 2 is 2.31 bits per heavy atom. The summed E-state index contributed by atoms with van der Waals surface area (Å²) in [5.74, 6) is 0.00833. The van der Waals surface area contributed by atoms with Gasteiger partial charge < -0.3 is 9.47 Å². The normalized spacial score (nSPS) is 19.2. The van der Waals surface area contributed by atoms with Crippen LogP contribution in [0.25, 0.3) is 0 Å². The molecule has 0 bridgehead atoms. The maximum absolute atomic E-state index is 11.9. The Bertz CT molecular complexity index is 373. The molecule has 1 aromatic rings. The molecule has 0 radical (unpaired) electrons. The van der Waals surface area contributed by atoms with E-state index in [0.717, 1.165) is 12.0 Å². The molecule has 1 heterocycles. The van der Waals surface area contributed by atoms with Crippen LogP contribution in [0.1, 0.15) is 24.2 Å². The van der Waals surface area contributed by atoms with Gasteiger partial charge in [0, 0.05) is 6.61 Å². The quantitative estimate of drug-likeness (QED) is 0.777. The van der Waals surface area contributed by atoms with Gasteiger partial charge in [-0.25, -0.2) is 0 Å². The molecular formula is C13H16O3. The van der Waals surface area contributed by atoms with Crippen molar-refractivity contribution in [3.05, 3.63) is 35.4 Å². The van der Waals surface area contributed by atoms with Gasteiger partial charge in [-0.2, -0.15) is 0 Å². The standard InChI is InChI=1S/C13H16O3/c1-2-15-9-12(14)13-11-6-4-3-5-10(11)7-8-16-13/h3-6,13H,2,7-9H2,1H3. The van der Waals surface area contributed by atoms with Crippen LogP contribution in [0.3, 0.4) is 0 Å². The Balaban J connectivity index is 2.15. The van der Waals surface area contributed by atoms with Crippen LogP contribution >= 0.6 is 0 Å². The van der Waals surface area contributed by atoms with E-state index in [1.807, 2.05) is 25.1 Å². The van der Waals surface area contributed by atoms with Gasteiger partial charge in [-0.1, -0.05) is 24.3 Å². The van der Waals surface area contributed by atoms with Crippen LogP contribution in [0.2, 0.25) is 0 Å². The number of hydrogen-bond acceptors (Lipinski definition) is 3. The molecule has 1 atom stereocenters. The van der Waals surface area contributed by atoms with Gasteiger partial charge in [-0.05, 0) is 24.5 Å². The minimum Gasteiger partial charge on any atom is -0.374 e. The van der Waals surface area contributed by atoms with Crippen LogP contribution in [0, 0.1) is 0 Å². The molecule has 0 spiro atoms. The van der Waals surface area contributed by atoms with E-state index in [0.29, 0.717) is 13.2 Å². The molecule has 16 heavy (non-hydrogen) atoms. The highest BCUT2D eigenvalue weighted by molar-refractivity contribution is 5.86. The first-order valence-electron chi connectivity index (χ1n) is 5.62. The molecule has 1 aliphatic heterocycles. The predicted molar refractivity (Wildman–Crippen MR) is 60.3 cm³/mol. The molecule has 2 rings (SSSR count). The van der Waals surface area contributed by atoms with Gasteiger partial charge in [0.15, 0.2) is 5.78 Å². The van der Waals surface area contributed by atoms with Crippen molar-refractivity contribution >= 4 is 5.78 Å². The summed E-state index contributed by atoms with van der Waals surface area (Å²) in [6.45, 7) is 3.18. The zero-order valence-electron chi connectivity index (χ0n) is 9.44. The van der Waals surface area contributed by atoms with Crippen molar-refractivity contribution in [3.8, 4) is 0 Å². The fourth-order valence-electron chi connectivity index (χ4n) is 1.94. The highest BCUT2D eigenvalue weighted by Gasteiger charge is 2.26. The SMILES string of the molecule is CCOCC(=O)C1OCCc2ccccc21. The van der Waals surface area contributed by atoms with E-state index in [9.17, 15) is 4.79 Å². The van der Waals surface area contributed by atoms with Crippen LogP contribution in [0.15, 0.2) is 24.3 Å². The van der Waals surface area contributed by atoms with E-state index >= 15 is 0 Å². The Labute approximate surface area is 95.4 Å². The summed E-state index contributed by atoms with van der Waals surface area (Å²) in [6, 6.07) is 7.95. The van der Waals surface area contributed by atoms with Crippen molar-refractivity contribution in [1.29, 1.82) is 0 Å². The minimum absolute atomic E-state index is 0.00833. The first kappa shape index (κ1) is 11.3. The summed E-state index contributed by atoms with van der Waals surface area (Å²) in [4.78, 5) is 11.9. The zero-order chi connectivity index (χ0) is 11.4. The molecule has 0 saturated heterocycles. The van der Waals surface area contributed by atoms with Crippen molar-refractivity contribution in [2.24, 2.45) is 0 Å². The van der Waals surface area contributed by atoms with Gasteiger partial charge in [0.25, 0.3) is 0 Å². The number of benzene rings is 1. The molecule has 1 unspecified atom stereocenters. The molecule has 1 aromatic carbocycles. The minimum atomic E-state index is -0.434. The van der Waals surface area contributed by atoms with E-state index in [-0.39, 0.29) is 12.4 Å². The summed E-state index contributed by atoms with van der Waals surface area (Å²) >= 11 is 0. The molecule has 3 heteroatoms. The smallest absolute Gasteiger partial charge is 0.191 e. The van der Waals surface area contributed by atoms with Gasteiger partial charge in [0.05, 0.1) is 6.61 Å². The Morgan fingerprint density at radius 3 is 3.12 bits per heavy atom. The van der Waals surface area contributed by atoms with Gasteiger partial charge in [-0.15, -0.1) is 0 Å². The maximum atomic E-state index is 11.9. The largest absolute Gasteiger partial charge is 0.374 e. The summed E-state index contributed by atoms with van der Waals surface area (Å²) in [5, 5.41) is 0. The second kappa shape index (κ2) is 5.23. The van der Waals surface area contributed by atoms with E-state index in [2.05, 4.69) is 6.07 Å². The molecule has 0 aromatic heterocycles. The first-order valence-corrected chi connectivity index (χ1v) is 5.62. The van der Waals surface area contributed by atoms with Crippen LogP contribution in [-0.4, -0.2) is 25.6 Å². The van der Waals surface area contributed by atoms with Crippen molar-refractivity contribution in [3.63, 3.8) is 0 Å². The van der Waals surface area contributed by atoms with Crippen LogP contribution in [0.5, 0.6) is 0 Å². The lowest BCUT2D eigenvalue weighted by Crippen LogP contribution is -2.26. The molecule has 0 N–H and O–H groups in total. The summed E-state index contributed by atoms with van der Waals surface area (Å²) in [6.07, 6.45) is 0.450. The highest BCUT2D eigenvalue weighted by Crippen LogP contribution is 2.27. The molecule has 3 nitrogen and oxygen atoms in total. The number of rotatable bonds is 4. The fourth-order valence-corrected chi connectivity index (χ4v) is 1.94. The third-order valence-electron chi connectivity index (χ3n) is 2.73. The highest BCUT2D eigenvalue weighted by atomic mass is 16.5. The van der Waals surface area contributed by atoms with E-state index in [1.54, 1.807) is 0 Å². The predicted octanol–water partition coefficient (Wildman–Crippen LogP) is 1.91. The number of ketones is 1. The summed E-state index contributed by atoms with van der Waals surface area (Å²) < 4.78 is 10.7. The molecule has 0 aliphatic carbocycles. The lowest BCUT2D eigenvalue weighted by Gasteiger charge is -2.24. The van der Waals surface area contributed by atoms with E-state index in [4.69, 9.17) is 9.47 Å². The second-order valence-corrected chi connectivity index (χ2v) is 3.80. The van der Waals surface area contributed by atoms with Gasteiger partial charge in [0.1, 0.15) is 12.7 Å². The van der Waals surface area contributed by atoms with Crippen LogP contribution in [-0.2, 0) is 20.7 Å². The molecule has 0 saturated carbocycles. The Kier molecular flexibility index (Phi) is 3.70. The summed E-state index contributed by atoms with van der Waals surface area (Å²) in [5.41, 5.74) is 2.21. The van der Waals surface area contributed by atoms with Crippen molar-refractivity contribution < 1.29 is 14.3 Å². The second-order valence-electron chi connectivity index (χ2n) is 3.80. The maximum Gasteiger partial charge on any atom is 0.191 e. The van der Waals surface area contributed by atoms with Gasteiger partial charge in [-0.3, -0.25) is 4.79 Å². The molecule has 86 valence electrons. The third kappa shape index (κ3) is 2.31. The molecule has 0 amide bonds. The van der Waals surface area contributed by atoms with E-state index < -0.39 is 6.10 Å². The molecule has 0 fully saturated rings. The third-order valence-corrected chi connectivity index (χ3v) is 2.73. The lowest BCUT2D eigenvalue weighted by atomic mass is 9.95. The van der Waals surface area contributed by atoms with Crippen molar-refractivity contribution in [1.82, 2.24) is 0 Å². The average Bonchev–Trinajstić information content (AvgIpc) is 2.35. The first-order chi connectivity index (χ1) is 7.83. The monoisotopic (exact) mass is 220 g/mol. The fraction of sp³-hybridized carbons (Fsp3) is 0.462. The number of fused-ring (bicyclic) bond motifs is 1. The summed E-state index contributed by atoms with van der Waals surface area (Å²) in [7, 11) is 0. The number of ether oxygens (including phenoxy) is 2. The molecule has 1 aliphatic rings. The average molecular weight is 220 g/mol. The van der Waals surface area contributed by atoms with Crippen LogP contribution < -0.4 is 0 Å². The van der Waals surface area contributed by atoms with Crippen LogP contribution in [0.4, 0.5) is 0 Å². The van der Waals surface area contributed by atoms with Crippen molar-refractivity contribution in [2.45, 2.75) is 19.4 Å². The Morgan fingerprint density at radius 1 is 1.50 bits per heavy atom. The van der Waals surface area contributed by atoms with Crippen molar-refractivity contribution in [2.75, 3.05) is 19.8 Å². The zero-order valence-corrected chi connectivity index (χ0v) is 9.44.